The SMILES string of the molecule is CC(=O)N(CCNC(=O)CCc1ccccc1)Cc1ccccc1. The predicted octanol–water partition coefficient (Wildman–Crippen LogP) is 2.78. The number of hydrogen-bond acceptors (Lipinski definition) is 2. The first kappa shape index (κ1) is 17.7. The van der Waals surface area contributed by atoms with Crippen molar-refractivity contribution in [3.05, 3.63) is 71.8 Å². The number of carbonyl (C=O) groups excluding carboxylic acids is 2. The van der Waals surface area contributed by atoms with Crippen molar-refractivity contribution >= 4 is 11.8 Å². The van der Waals surface area contributed by atoms with E-state index < -0.39 is 0 Å². The Morgan fingerprint density at radius 3 is 2.08 bits per heavy atom. The first-order valence-corrected chi connectivity index (χ1v) is 8.25. The van der Waals surface area contributed by atoms with Gasteiger partial charge in [-0.05, 0) is 17.5 Å². The number of rotatable bonds is 8. The molecule has 0 heterocycles. The molecule has 0 radical (unpaired) electrons. The summed E-state index contributed by atoms with van der Waals surface area (Å²) in [4.78, 5) is 25.4. The fraction of sp³-hybridized carbons (Fsp3) is 0.300. The number of nitrogens with one attached hydrogen (secondary N) is 1. The number of aryl methyl sites for hydroxylation is 1. The minimum absolute atomic E-state index is 0.0115. The van der Waals surface area contributed by atoms with Gasteiger partial charge in [0.05, 0.1) is 0 Å². The molecule has 0 atom stereocenters. The van der Waals surface area contributed by atoms with Gasteiger partial charge in [0.15, 0.2) is 0 Å². The summed E-state index contributed by atoms with van der Waals surface area (Å²) in [5.41, 5.74) is 2.24. The average molecular weight is 324 g/mol. The van der Waals surface area contributed by atoms with Crippen LogP contribution in [-0.4, -0.2) is 29.8 Å². The highest BCUT2D eigenvalue weighted by molar-refractivity contribution is 5.76. The zero-order valence-corrected chi connectivity index (χ0v) is 14.1. The van der Waals surface area contributed by atoms with E-state index in [4.69, 9.17) is 0 Å². The van der Waals surface area contributed by atoms with E-state index in [1.807, 2.05) is 60.7 Å². The monoisotopic (exact) mass is 324 g/mol. The lowest BCUT2D eigenvalue weighted by atomic mass is 10.1. The summed E-state index contributed by atoms with van der Waals surface area (Å²) in [7, 11) is 0. The highest BCUT2D eigenvalue weighted by atomic mass is 16.2. The van der Waals surface area contributed by atoms with Crippen LogP contribution in [0.2, 0.25) is 0 Å². The highest BCUT2D eigenvalue weighted by Crippen LogP contribution is 2.05. The second-order valence-electron chi connectivity index (χ2n) is 5.76. The number of carbonyl (C=O) groups is 2. The normalized spacial score (nSPS) is 10.2. The molecule has 24 heavy (non-hydrogen) atoms. The second-order valence-corrected chi connectivity index (χ2v) is 5.76. The molecular weight excluding hydrogens is 300 g/mol. The van der Waals surface area contributed by atoms with Crippen molar-refractivity contribution in [2.75, 3.05) is 13.1 Å². The fourth-order valence-electron chi connectivity index (χ4n) is 2.47. The van der Waals surface area contributed by atoms with Crippen molar-refractivity contribution < 1.29 is 9.59 Å². The molecule has 2 aromatic rings. The predicted molar refractivity (Wildman–Crippen MR) is 95.3 cm³/mol. The van der Waals surface area contributed by atoms with Crippen molar-refractivity contribution in [3.8, 4) is 0 Å². The first-order chi connectivity index (χ1) is 11.6. The van der Waals surface area contributed by atoms with Gasteiger partial charge < -0.3 is 10.2 Å². The van der Waals surface area contributed by atoms with Crippen LogP contribution in [0.3, 0.4) is 0 Å². The third-order valence-corrected chi connectivity index (χ3v) is 3.85. The van der Waals surface area contributed by atoms with Gasteiger partial charge in [0.2, 0.25) is 11.8 Å². The summed E-state index contributed by atoms with van der Waals surface area (Å²) in [6.07, 6.45) is 1.19. The van der Waals surface area contributed by atoms with Crippen molar-refractivity contribution in [1.82, 2.24) is 10.2 Å². The molecule has 4 nitrogen and oxygen atoms in total. The van der Waals surface area contributed by atoms with Gasteiger partial charge >= 0.3 is 0 Å². The van der Waals surface area contributed by atoms with Crippen LogP contribution in [0.15, 0.2) is 60.7 Å². The summed E-state index contributed by atoms with van der Waals surface area (Å²) >= 11 is 0. The van der Waals surface area contributed by atoms with Gasteiger partial charge in [-0.15, -0.1) is 0 Å². The quantitative estimate of drug-likeness (QED) is 0.812. The molecule has 0 unspecified atom stereocenters. The van der Waals surface area contributed by atoms with E-state index in [0.29, 0.717) is 26.1 Å². The maximum atomic E-state index is 11.9. The molecule has 0 aromatic heterocycles. The molecule has 2 aromatic carbocycles. The third-order valence-electron chi connectivity index (χ3n) is 3.85. The van der Waals surface area contributed by atoms with Crippen LogP contribution in [0.25, 0.3) is 0 Å². The Morgan fingerprint density at radius 2 is 1.50 bits per heavy atom. The van der Waals surface area contributed by atoms with E-state index in [1.54, 1.807) is 11.8 Å². The van der Waals surface area contributed by atoms with Crippen LogP contribution >= 0.6 is 0 Å². The Hall–Kier alpha value is -2.62. The Labute approximate surface area is 143 Å². The Balaban J connectivity index is 1.72. The van der Waals surface area contributed by atoms with Gasteiger partial charge in [-0.3, -0.25) is 9.59 Å². The Bertz CT molecular complexity index is 641. The minimum Gasteiger partial charge on any atom is -0.354 e. The topological polar surface area (TPSA) is 49.4 Å². The lowest BCUT2D eigenvalue weighted by Crippen LogP contribution is -2.37. The molecular formula is C20H24N2O2. The molecule has 1 N–H and O–H groups in total. The van der Waals surface area contributed by atoms with Crippen LogP contribution in [0.1, 0.15) is 24.5 Å². The van der Waals surface area contributed by atoms with Gasteiger partial charge in [-0.1, -0.05) is 60.7 Å². The number of benzene rings is 2. The molecule has 2 amide bonds. The van der Waals surface area contributed by atoms with Crippen LogP contribution < -0.4 is 5.32 Å². The van der Waals surface area contributed by atoms with Crippen molar-refractivity contribution in [2.45, 2.75) is 26.3 Å². The second kappa shape index (κ2) is 9.50. The number of amides is 2. The highest BCUT2D eigenvalue weighted by Gasteiger charge is 2.10. The van der Waals surface area contributed by atoms with Crippen molar-refractivity contribution in [1.29, 1.82) is 0 Å². The molecule has 0 bridgehead atoms. The largest absolute Gasteiger partial charge is 0.354 e. The Morgan fingerprint density at radius 1 is 0.917 bits per heavy atom. The molecule has 2 rings (SSSR count). The van der Waals surface area contributed by atoms with Gasteiger partial charge in [0.1, 0.15) is 0 Å². The van der Waals surface area contributed by atoms with E-state index in [2.05, 4.69) is 5.32 Å². The van der Waals surface area contributed by atoms with Gasteiger partial charge in [0, 0.05) is 33.0 Å². The molecule has 126 valence electrons. The molecule has 4 heteroatoms. The summed E-state index contributed by atoms with van der Waals surface area (Å²) in [5, 5.41) is 2.89. The van der Waals surface area contributed by atoms with Gasteiger partial charge in [-0.2, -0.15) is 0 Å². The summed E-state index contributed by atoms with van der Waals surface area (Å²) in [6, 6.07) is 19.8. The maximum Gasteiger partial charge on any atom is 0.220 e. The van der Waals surface area contributed by atoms with Gasteiger partial charge in [0.25, 0.3) is 0 Å². The van der Waals surface area contributed by atoms with Crippen LogP contribution in [0, 0.1) is 0 Å². The fourth-order valence-corrected chi connectivity index (χ4v) is 2.47. The molecule has 0 saturated carbocycles. The zero-order chi connectivity index (χ0) is 17.2. The summed E-state index contributed by atoms with van der Waals surface area (Å²) < 4.78 is 0. The van der Waals surface area contributed by atoms with Crippen LogP contribution in [-0.2, 0) is 22.6 Å². The summed E-state index contributed by atoms with van der Waals surface area (Å²) in [6.45, 7) is 3.11. The minimum atomic E-state index is 0.0115. The van der Waals surface area contributed by atoms with Crippen LogP contribution in [0.5, 0.6) is 0 Å². The lowest BCUT2D eigenvalue weighted by molar-refractivity contribution is -0.130. The lowest BCUT2D eigenvalue weighted by Gasteiger charge is -2.21. The molecule has 0 aliphatic heterocycles. The Kier molecular flexibility index (Phi) is 7.02. The number of hydrogen-bond donors (Lipinski definition) is 1. The molecule has 0 aliphatic carbocycles. The molecule has 0 spiro atoms. The van der Waals surface area contributed by atoms with Gasteiger partial charge in [-0.25, -0.2) is 0 Å². The van der Waals surface area contributed by atoms with Crippen molar-refractivity contribution in [3.63, 3.8) is 0 Å². The van der Waals surface area contributed by atoms with Crippen LogP contribution in [0.4, 0.5) is 0 Å². The van der Waals surface area contributed by atoms with Crippen molar-refractivity contribution in [2.24, 2.45) is 0 Å². The van der Waals surface area contributed by atoms with E-state index >= 15 is 0 Å². The average Bonchev–Trinajstić information content (AvgIpc) is 2.61. The smallest absolute Gasteiger partial charge is 0.220 e. The van der Waals surface area contributed by atoms with E-state index in [9.17, 15) is 9.59 Å². The molecule has 0 saturated heterocycles. The van der Waals surface area contributed by atoms with E-state index in [-0.39, 0.29) is 11.8 Å². The molecule has 0 aliphatic rings. The standard InChI is InChI=1S/C20H24N2O2/c1-17(23)22(16-19-10-6-3-7-11-19)15-14-21-20(24)13-12-18-8-4-2-5-9-18/h2-11H,12-16H2,1H3,(H,21,24). The zero-order valence-electron chi connectivity index (χ0n) is 14.1. The maximum absolute atomic E-state index is 11.9. The van der Waals surface area contributed by atoms with E-state index in [0.717, 1.165) is 17.5 Å². The first-order valence-electron chi connectivity index (χ1n) is 8.25. The van der Waals surface area contributed by atoms with E-state index in [1.165, 1.54) is 0 Å². The molecule has 0 fully saturated rings. The summed E-state index contributed by atoms with van der Waals surface area (Å²) in [5.74, 6) is 0.0273. The third kappa shape index (κ3) is 6.24. The number of nitrogens with zero attached hydrogens (tertiary/aromatic N) is 1.